The van der Waals surface area contributed by atoms with E-state index in [-0.39, 0.29) is 11.2 Å². The van der Waals surface area contributed by atoms with Crippen molar-refractivity contribution in [3.63, 3.8) is 0 Å². The third-order valence-corrected chi connectivity index (χ3v) is 3.62. The first kappa shape index (κ1) is 12.2. The number of ketones is 1. The van der Waals surface area contributed by atoms with Crippen LogP contribution < -0.4 is 0 Å². The van der Waals surface area contributed by atoms with Gasteiger partial charge in [0, 0.05) is 33.1 Å². The van der Waals surface area contributed by atoms with E-state index in [9.17, 15) is 4.79 Å². The smallest absolute Gasteiger partial charge is 0.170 e. The molecular formula is C14H16ClNO. The summed E-state index contributed by atoms with van der Waals surface area (Å²) in [5, 5.41) is 1.56. The number of nitrogens with one attached hydrogen (secondary N) is 1. The van der Waals surface area contributed by atoms with Gasteiger partial charge in [0.15, 0.2) is 5.78 Å². The van der Waals surface area contributed by atoms with Gasteiger partial charge in [-0.3, -0.25) is 4.79 Å². The highest BCUT2D eigenvalue weighted by Gasteiger charge is 2.28. The predicted molar refractivity (Wildman–Crippen MR) is 71.7 cm³/mol. The highest BCUT2D eigenvalue weighted by Crippen LogP contribution is 2.30. The zero-order chi connectivity index (χ0) is 12.6. The molecule has 0 saturated heterocycles. The molecule has 0 bridgehead atoms. The zero-order valence-electron chi connectivity index (χ0n) is 10.3. The number of hydrogen-bond donors (Lipinski definition) is 1. The van der Waals surface area contributed by atoms with Crippen LogP contribution in [0.2, 0.25) is 5.02 Å². The monoisotopic (exact) mass is 249 g/mol. The van der Waals surface area contributed by atoms with Crippen LogP contribution in [-0.2, 0) is 0 Å². The van der Waals surface area contributed by atoms with Crippen molar-refractivity contribution in [3.05, 3.63) is 35.0 Å². The molecule has 0 fully saturated rings. The zero-order valence-corrected chi connectivity index (χ0v) is 11.1. The van der Waals surface area contributed by atoms with Crippen molar-refractivity contribution >= 4 is 28.3 Å². The van der Waals surface area contributed by atoms with Crippen LogP contribution in [0.25, 0.3) is 10.9 Å². The number of carbonyl (C=O) groups is 1. The Morgan fingerprint density at radius 3 is 2.76 bits per heavy atom. The van der Waals surface area contributed by atoms with E-state index in [0.717, 1.165) is 22.9 Å². The van der Waals surface area contributed by atoms with Gasteiger partial charge in [-0.2, -0.15) is 0 Å². The number of benzene rings is 1. The Morgan fingerprint density at radius 2 is 2.12 bits per heavy atom. The fourth-order valence-electron chi connectivity index (χ4n) is 1.81. The summed E-state index contributed by atoms with van der Waals surface area (Å²) in [6.45, 7) is 5.97. The molecule has 90 valence electrons. The quantitative estimate of drug-likeness (QED) is 0.802. The standard InChI is InChI=1S/C14H16ClNO/c1-4-14(2,3)13(17)11-8-16-12-6-5-9(15)7-10(11)12/h5-8,16H,4H2,1-3H3. The second-order valence-corrected chi connectivity index (χ2v) is 5.40. The predicted octanol–water partition coefficient (Wildman–Crippen LogP) is 4.44. The normalized spacial score (nSPS) is 12.0. The van der Waals surface area contributed by atoms with Crippen LogP contribution in [0.5, 0.6) is 0 Å². The number of fused-ring (bicyclic) bond motifs is 1. The van der Waals surface area contributed by atoms with E-state index in [4.69, 9.17) is 11.6 Å². The molecule has 2 aromatic rings. The molecule has 0 atom stereocenters. The highest BCUT2D eigenvalue weighted by atomic mass is 35.5. The molecule has 0 unspecified atom stereocenters. The first-order chi connectivity index (χ1) is 7.95. The fraction of sp³-hybridized carbons (Fsp3) is 0.357. The van der Waals surface area contributed by atoms with Gasteiger partial charge in [0.1, 0.15) is 0 Å². The van der Waals surface area contributed by atoms with Gasteiger partial charge in [0.25, 0.3) is 0 Å². The summed E-state index contributed by atoms with van der Waals surface area (Å²) in [7, 11) is 0. The van der Waals surface area contributed by atoms with Crippen molar-refractivity contribution in [2.45, 2.75) is 27.2 Å². The number of halogens is 1. The van der Waals surface area contributed by atoms with E-state index in [2.05, 4.69) is 4.98 Å². The van der Waals surface area contributed by atoms with Crippen molar-refractivity contribution in [2.24, 2.45) is 5.41 Å². The molecule has 2 rings (SSSR count). The topological polar surface area (TPSA) is 32.9 Å². The number of H-pyrrole nitrogens is 1. The van der Waals surface area contributed by atoms with Crippen molar-refractivity contribution in [1.82, 2.24) is 4.98 Å². The maximum absolute atomic E-state index is 12.4. The molecule has 2 nitrogen and oxygen atoms in total. The molecule has 0 saturated carbocycles. The summed E-state index contributed by atoms with van der Waals surface area (Å²) in [5.41, 5.74) is 1.34. The molecule has 0 aliphatic carbocycles. The number of aromatic nitrogens is 1. The molecule has 3 heteroatoms. The van der Waals surface area contributed by atoms with Gasteiger partial charge in [-0.05, 0) is 24.6 Å². The Hall–Kier alpha value is -1.28. The summed E-state index contributed by atoms with van der Waals surface area (Å²) in [6.07, 6.45) is 2.60. The molecular weight excluding hydrogens is 234 g/mol. The SMILES string of the molecule is CCC(C)(C)C(=O)c1c[nH]c2ccc(Cl)cc12. The Balaban J connectivity index is 2.56. The van der Waals surface area contributed by atoms with E-state index in [1.54, 1.807) is 6.20 Å². The van der Waals surface area contributed by atoms with Crippen LogP contribution in [0.1, 0.15) is 37.6 Å². The number of hydrogen-bond acceptors (Lipinski definition) is 1. The Kier molecular flexibility index (Phi) is 3.00. The molecule has 0 amide bonds. The van der Waals surface area contributed by atoms with E-state index < -0.39 is 0 Å². The summed E-state index contributed by atoms with van der Waals surface area (Å²) >= 11 is 5.98. The summed E-state index contributed by atoms with van der Waals surface area (Å²) in [5.74, 6) is 0.161. The third kappa shape index (κ3) is 2.09. The van der Waals surface area contributed by atoms with Gasteiger partial charge in [-0.1, -0.05) is 32.4 Å². The van der Waals surface area contributed by atoms with Crippen LogP contribution in [0.15, 0.2) is 24.4 Å². The number of rotatable bonds is 3. The molecule has 0 radical (unpaired) electrons. The lowest BCUT2D eigenvalue weighted by Crippen LogP contribution is -2.23. The number of Topliss-reactive ketones (excluding diaryl/α,β-unsaturated/α-hetero) is 1. The Labute approximate surface area is 106 Å². The number of aromatic amines is 1. The van der Waals surface area contributed by atoms with E-state index >= 15 is 0 Å². The summed E-state index contributed by atoms with van der Waals surface area (Å²) in [6, 6.07) is 5.55. The lowest BCUT2D eigenvalue weighted by atomic mass is 9.82. The van der Waals surface area contributed by atoms with Crippen LogP contribution in [0, 0.1) is 5.41 Å². The van der Waals surface area contributed by atoms with E-state index in [1.807, 2.05) is 39.0 Å². The van der Waals surface area contributed by atoms with Crippen molar-refractivity contribution < 1.29 is 4.79 Å². The second-order valence-electron chi connectivity index (χ2n) is 4.96. The van der Waals surface area contributed by atoms with Gasteiger partial charge in [0.05, 0.1) is 0 Å². The number of carbonyl (C=O) groups excluding carboxylic acids is 1. The average Bonchev–Trinajstić information content (AvgIpc) is 2.70. The highest BCUT2D eigenvalue weighted by molar-refractivity contribution is 6.31. The molecule has 0 spiro atoms. The first-order valence-corrected chi connectivity index (χ1v) is 6.15. The minimum Gasteiger partial charge on any atom is -0.360 e. The van der Waals surface area contributed by atoms with Crippen molar-refractivity contribution in [1.29, 1.82) is 0 Å². The second kappa shape index (κ2) is 4.19. The molecule has 17 heavy (non-hydrogen) atoms. The first-order valence-electron chi connectivity index (χ1n) is 5.77. The third-order valence-electron chi connectivity index (χ3n) is 3.39. The average molecular weight is 250 g/mol. The van der Waals surface area contributed by atoms with E-state index in [0.29, 0.717) is 5.02 Å². The van der Waals surface area contributed by atoms with Gasteiger partial charge in [-0.25, -0.2) is 0 Å². The van der Waals surface area contributed by atoms with Crippen molar-refractivity contribution in [2.75, 3.05) is 0 Å². The maximum atomic E-state index is 12.4. The van der Waals surface area contributed by atoms with E-state index in [1.165, 1.54) is 0 Å². The van der Waals surface area contributed by atoms with Crippen LogP contribution in [-0.4, -0.2) is 10.8 Å². The van der Waals surface area contributed by atoms with Crippen LogP contribution in [0.3, 0.4) is 0 Å². The van der Waals surface area contributed by atoms with Crippen LogP contribution >= 0.6 is 11.6 Å². The van der Waals surface area contributed by atoms with Gasteiger partial charge >= 0.3 is 0 Å². The molecule has 1 aromatic carbocycles. The Morgan fingerprint density at radius 1 is 1.41 bits per heavy atom. The van der Waals surface area contributed by atoms with Crippen LogP contribution in [0.4, 0.5) is 0 Å². The summed E-state index contributed by atoms with van der Waals surface area (Å²) in [4.78, 5) is 15.5. The fourth-order valence-corrected chi connectivity index (χ4v) is 1.98. The minimum atomic E-state index is -0.336. The summed E-state index contributed by atoms with van der Waals surface area (Å²) < 4.78 is 0. The van der Waals surface area contributed by atoms with Gasteiger partial charge in [-0.15, -0.1) is 0 Å². The lowest BCUT2D eigenvalue weighted by Gasteiger charge is -2.20. The molecule has 1 N–H and O–H groups in total. The van der Waals surface area contributed by atoms with Gasteiger partial charge in [0.2, 0.25) is 0 Å². The largest absolute Gasteiger partial charge is 0.360 e. The van der Waals surface area contributed by atoms with Crippen molar-refractivity contribution in [3.8, 4) is 0 Å². The maximum Gasteiger partial charge on any atom is 0.170 e. The molecule has 0 aliphatic heterocycles. The van der Waals surface area contributed by atoms with Gasteiger partial charge < -0.3 is 4.98 Å². The molecule has 1 heterocycles. The molecule has 0 aliphatic rings. The lowest BCUT2D eigenvalue weighted by molar-refractivity contribution is 0.0835. The minimum absolute atomic E-state index is 0.161. The Bertz CT molecular complexity index is 569. The molecule has 1 aromatic heterocycles.